The van der Waals surface area contributed by atoms with E-state index in [-0.39, 0.29) is 12.1 Å². The van der Waals surface area contributed by atoms with Gasteiger partial charge >= 0.3 is 5.97 Å². The van der Waals surface area contributed by atoms with Crippen LogP contribution < -0.4 is 0 Å². The van der Waals surface area contributed by atoms with E-state index >= 15 is 0 Å². The number of carbonyl (C=O) groups is 1. The van der Waals surface area contributed by atoms with Crippen molar-refractivity contribution in [1.29, 1.82) is 0 Å². The van der Waals surface area contributed by atoms with Crippen LogP contribution >= 0.6 is 0 Å². The molecular formula is C14H18O3. The van der Waals surface area contributed by atoms with Gasteiger partial charge in [-0.15, -0.1) is 0 Å². The monoisotopic (exact) mass is 234 g/mol. The first-order valence-electron chi connectivity index (χ1n) is 6.67. The number of epoxide rings is 1. The van der Waals surface area contributed by atoms with Crippen LogP contribution in [-0.4, -0.2) is 24.3 Å². The second-order valence-corrected chi connectivity index (χ2v) is 6.24. The molecule has 0 spiro atoms. The lowest BCUT2D eigenvalue weighted by Crippen LogP contribution is -2.34. The molecule has 3 aliphatic carbocycles. The van der Waals surface area contributed by atoms with Crippen molar-refractivity contribution in [3.63, 3.8) is 0 Å². The van der Waals surface area contributed by atoms with Crippen molar-refractivity contribution in [3.8, 4) is 0 Å². The van der Waals surface area contributed by atoms with Crippen LogP contribution in [0.15, 0.2) is 12.2 Å². The first-order valence-corrected chi connectivity index (χ1v) is 6.67. The third-order valence-corrected chi connectivity index (χ3v) is 5.29. The van der Waals surface area contributed by atoms with Crippen LogP contribution in [0.1, 0.15) is 26.2 Å². The molecule has 1 aliphatic heterocycles. The summed E-state index contributed by atoms with van der Waals surface area (Å²) >= 11 is 0. The molecule has 3 nitrogen and oxygen atoms in total. The smallest absolute Gasteiger partial charge is 0.333 e. The average Bonchev–Trinajstić information content (AvgIpc) is 2.69. The summed E-state index contributed by atoms with van der Waals surface area (Å²) in [4.78, 5) is 11.6. The lowest BCUT2D eigenvalue weighted by molar-refractivity contribution is -0.148. The Labute approximate surface area is 101 Å². The SMILES string of the molecule is C=C(C)C(=O)OC1CC2CC1C1CC3O[C@@H]3C21. The molecule has 7 atom stereocenters. The van der Waals surface area contributed by atoms with Gasteiger partial charge in [-0.25, -0.2) is 4.79 Å². The molecule has 1 saturated heterocycles. The molecule has 4 rings (SSSR count). The van der Waals surface area contributed by atoms with Crippen LogP contribution in [0.4, 0.5) is 0 Å². The highest BCUT2D eigenvalue weighted by molar-refractivity contribution is 5.87. The normalized spacial score (nSPS) is 53.1. The number of esters is 1. The van der Waals surface area contributed by atoms with Crippen LogP contribution in [0.3, 0.4) is 0 Å². The molecular weight excluding hydrogens is 216 g/mol. The minimum absolute atomic E-state index is 0.156. The molecule has 3 heteroatoms. The highest BCUT2D eigenvalue weighted by atomic mass is 16.6. The summed E-state index contributed by atoms with van der Waals surface area (Å²) < 4.78 is 11.2. The molecule has 2 bridgehead atoms. The van der Waals surface area contributed by atoms with Crippen molar-refractivity contribution in [3.05, 3.63) is 12.2 Å². The zero-order chi connectivity index (χ0) is 11.7. The maximum Gasteiger partial charge on any atom is 0.333 e. The summed E-state index contributed by atoms with van der Waals surface area (Å²) in [6, 6.07) is 0. The summed E-state index contributed by atoms with van der Waals surface area (Å²) in [5.41, 5.74) is 0.516. The molecule has 4 aliphatic rings. The van der Waals surface area contributed by atoms with Crippen molar-refractivity contribution in [2.45, 2.75) is 44.5 Å². The Morgan fingerprint density at radius 1 is 1.29 bits per heavy atom. The summed E-state index contributed by atoms with van der Waals surface area (Å²) in [5, 5.41) is 0. The molecule has 0 amide bonds. The quantitative estimate of drug-likeness (QED) is 0.416. The minimum Gasteiger partial charge on any atom is -0.459 e. The fourth-order valence-corrected chi connectivity index (χ4v) is 4.64. The van der Waals surface area contributed by atoms with Gasteiger partial charge in [0.1, 0.15) is 6.10 Å². The predicted molar refractivity (Wildman–Crippen MR) is 61.2 cm³/mol. The maximum absolute atomic E-state index is 11.6. The molecule has 6 unspecified atom stereocenters. The molecule has 4 fully saturated rings. The first-order chi connectivity index (χ1) is 8.15. The van der Waals surface area contributed by atoms with Gasteiger partial charge in [-0.3, -0.25) is 0 Å². The number of ether oxygens (including phenoxy) is 2. The van der Waals surface area contributed by atoms with E-state index in [9.17, 15) is 4.79 Å². The Balaban J connectivity index is 1.48. The lowest BCUT2D eigenvalue weighted by Gasteiger charge is -2.32. The number of carbonyl (C=O) groups excluding carboxylic acids is 1. The van der Waals surface area contributed by atoms with Gasteiger partial charge in [0.2, 0.25) is 0 Å². The third-order valence-electron chi connectivity index (χ3n) is 5.29. The second-order valence-electron chi connectivity index (χ2n) is 6.24. The van der Waals surface area contributed by atoms with Crippen molar-refractivity contribution >= 4 is 5.97 Å². The molecule has 3 saturated carbocycles. The van der Waals surface area contributed by atoms with Crippen LogP contribution in [0.25, 0.3) is 0 Å². The van der Waals surface area contributed by atoms with Crippen LogP contribution in [0.5, 0.6) is 0 Å². The second kappa shape index (κ2) is 3.14. The predicted octanol–water partition coefficient (Wildman–Crippen LogP) is 1.92. The first kappa shape index (κ1) is 10.1. The van der Waals surface area contributed by atoms with Gasteiger partial charge in [-0.2, -0.15) is 0 Å². The number of hydrogen-bond acceptors (Lipinski definition) is 3. The average molecular weight is 234 g/mol. The molecule has 17 heavy (non-hydrogen) atoms. The molecule has 1 heterocycles. The number of rotatable bonds is 2. The fraction of sp³-hybridized carbons (Fsp3) is 0.786. The van der Waals surface area contributed by atoms with Gasteiger partial charge in [0.05, 0.1) is 12.2 Å². The zero-order valence-corrected chi connectivity index (χ0v) is 10.1. The van der Waals surface area contributed by atoms with Crippen LogP contribution in [-0.2, 0) is 14.3 Å². The Kier molecular flexibility index (Phi) is 1.87. The van der Waals surface area contributed by atoms with E-state index in [0.29, 0.717) is 23.7 Å². The van der Waals surface area contributed by atoms with Gasteiger partial charge in [0.25, 0.3) is 0 Å². The maximum atomic E-state index is 11.6. The summed E-state index contributed by atoms with van der Waals surface area (Å²) in [7, 11) is 0. The highest BCUT2D eigenvalue weighted by Gasteiger charge is 2.67. The van der Waals surface area contributed by atoms with Gasteiger partial charge < -0.3 is 9.47 Å². The van der Waals surface area contributed by atoms with Gasteiger partial charge in [-0.1, -0.05) is 6.58 Å². The van der Waals surface area contributed by atoms with Crippen molar-refractivity contribution in [2.24, 2.45) is 23.7 Å². The van der Waals surface area contributed by atoms with E-state index < -0.39 is 0 Å². The third kappa shape index (κ3) is 1.29. The van der Waals surface area contributed by atoms with Gasteiger partial charge in [-0.05, 0) is 49.9 Å². The zero-order valence-electron chi connectivity index (χ0n) is 10.1. The summed E-state index contributed by atoms with van der Waals surface area (Å²) in [5.74, 6) is 2.68. The molecule has 0 aromatic carbocycles. The van der Waals surface area contributed by atoms with Crippen molar-refractivity contribution < 1.29 is 14.3 Å². The topological polar surface area (TPSA) is 38.8 Å². The Bertz CT molecular complexity index is 402. The molecule has 0 radical (unpaired) electrons. The minimum atomic E-state index is -0.210. The molecule has 0 N–H and O–H groups in total. The van der Waals surface area contributed by atoms with Crippen molar-refractivity contribution in [2.75, 3.05) is 0 Å². The van der Waals surface area contributed by atoms with E-state index in [1.807, 2.05) is 0 Å². The lowest BCUT2D eigenvalue weighted by atomic mass is 9.79. The largest absolute Gasteiger partial charge is 0.459 e. The number of hydrogen-bond donors (Lipinski definition) is 0. The van der Waals surface area contributed by atoms with E-state index in [4.69, 9.17) is 9.47 Å². The van der Waals surface area contributed by atoms with E-state index in [1.54, 1.807) is 6.92 Å². The summed E-state index contributed by atoms with van der Waals surface area (Å²) in [6.07, 6.45) is 4.77. The van der Waals surface area contributed by atoms with Gasteiger partial charge in [0, 0.05) is 5.57 Å². The highest BCUT2D eigenvalue weighted by Crippen LogP contribution is 2.64. The van der Waals surface area contributed by atoms with Gasteiger partial charge in [0.15, 0.2) is 0 Å². The van der Waals surface area contributed by atoms with Crippen LogP contribution in [0, 0.1) is 23.7 Å². The van der Waals surface area contributed by atoms with Crippen LogP contribution in [0.2, 0.25) is 0 Å². The number of fused-ring (bicyclic) bond motifs is 7. The summed E-state index contributed by atoms with van der Waals surface area (Å²) in [6.45, 7) is 5.37. The standard InChI is InChI=1S/C14H18O3/c1-6(2)14(15)17-10-4-7-3-8(10)9-5-11-13(16-11)12(7)9/h7-13H,1,3-5H2,2H3/t7?,8?,9?,10?,11?,12?,13-/m0/s1. The fourth-order valence-electron chi connectivity index (χ4n) is 4.64. The molecule has 92 valence electrons. The Morgan fingerprint density at radius 3 is 2.88 bits per heavy atom. The Hall–Kier alpha value is -0.830. The Morgan fingerprint density at radius 2 is 2.12 bits per heavy atom. The molecule has 0 aromatic rings. The van der Waals surface area contributed by atoms with E-state index in [1.165, 1.54) is 12.8 Å². The van der Waals surface area contributed by atoms with E-state index in [0.717, 1.165) is 24.2 Å². The molecule has 0 aromatic heterocycles. The van der Waals surface area contributed by atoms with Crippen molar-refractivity contribution in [1.82, 2.24) is 0 Å². The van der Waals surface area contributed by atoms with E-state index in [2.05, 4.69) is 6.58 Å².